The Kier molecular flexibility index (Phi) is 3.88. The van der Waals surface area contributed by atoms with E-state index >= 15 is 0 Å². The first-order valence-electron chi connectivity index (χ1n) is 6.11. The molecule has 7 heteroatoms. The van der Waals surface area contributed by atoms with Gasteiger partial charge in [-0.05, 0) is 19.1 Å². The van der Waals surface area contributed by atoms with Crippen LogP contribution >= 0.6 is 0 Å². The normalized spacial score (nSPS) is 10.5. The molecule has 0 fully saturated rings. The molecule has 0 aliphatic carbocycles. The highest BCUT2D eigenvalue weighted by Crippen LogP contribution is 2.06. The van der Waals surface area contributed by atoms with Crippen molar-refractivity contribution in [3.63, 3.8) is 0 Å². The molecule has 0 spiro atoms. The average molecular weight is 276 g/mol. The van der Waals surface area contributed by atoms with E-state index < -0.39 is 5.97 Å². The van der Waals surface area contributed by atoms with Crippen LogP contribution in [0.1, 0.15) is 21.7 Å². The summed E-state index contributed by atoms with van der Waals surface area (Å²) in [4.78, 5) is 22.8. The third-order valence-corrected chi connectivity index (χ3v) is 2.92. The van der Waals surface area contributed by atoms with E-state index in [-0.39, 0.29) is 12.5 Å². The quantitative estimate of drug-likeness (QED) is 0.834. The van der Waals surface area contributed by atoms with Crippen LogP contribution in [0.3, 0.4) is 0 Å². The van der Waals surface area contributed by atoms with Gasteiger partial charge >= 0.3 is 5.97 Å². The van der Waals surface area contributed by atoms with E-state index in [0.29, 0.717) is 12.2 Å². The number of rotatable bonds is 5. The molecule has 0 bridgehead atoms. The van der Waals surface area contributed by atoms with Gasteiger partial charge in [-0.2, -0.15) is 5.10 Å². The number of carbonyl (C=O) groups excluding carboxylic acids is 1. The van der Waals surface area contributed by atoms with Crippen LogP contribution in [0, 0.1) is 6.92 Å². The first kappa shape index (κ1) is 13.9. The first-order valence-corrected chi connectivity index (χ1v) is 6.11. The minimum atomic E-state index is -0.988. The third-order valence-electron chi connectivity index (χ3n) is 2.92. The van der Waals surface area contributed by atoms with Crippen molar-refractivity contribution in [3.8, 4) is 0 Å². The summed E-state index contributed by atoms with van der Waals surface area (Å²) >= 11 is 0. The summed E-state index contributed by atoms with van der Waals surface area (Å²) in [7, 11) is 1.82. The highest BCUT2D eigenvalue weighted by atomic mass is 16.4. The second-order valence-corrected chi connectivity index (χ2v) is 4.51. The fraction of sp³-hybridized carbons (Fsp3) is 0.308. The minimum absolute atomic E-state index is 0.234. The first-order chi connectivity index (χ1) is 9.47. The summed E-state index contributed by atoms with van der Waals surface area (Å²) in [6, 6.07) is 3.24. The fourth-order valence-corrected chi connectivity index (χ4v) is 1.99. The smallest absolute Gasteiger partial charge is 0.323 e. The number of carboxylic acid groups (broad SMARTS) is 1. The average Bonchev–Trinajstić information content (AvgIpc) is 2.92. The summed E-state index contributed by atoms with van der Waals surface area (Å²) in [5.41, 5.74) is 2.11. The Morgan fingerprint density at radius 3 is 2.80 bits per heavy atom. The Morgan fingerprint density at radius 1 is 1.45 bits per heavy atom. The minimum Gasteiger partial charge on any atom is -0.480 e. The molecule has 1 amide bonds. The molecule has 0 aromatic carbocycles. The van der Waals surface area contributed by atoms with Crippen molar-refractivity contribution in [2.45, 2.75) is 20.0 Å². The van der Waals surface area contributed by atoms with Gasteiger partial charge in [0.15, 0.2) is 0 Å². The van der Waals surface area contributed by atoms with E-state index in [1.165, 1.54) is 4.57 Å². The number of aliphatic carboxylic acids is 1. The van der Waals surface area contributed by atoms with E-state index in [4.69, 9.17) is 5.11 Å². The molecule has 106 valence electrons. The molecule has 2 rings (SSSR count). The molecular formula is C13H16N4O3. The van der Waals surface area contributed by atoms with Gasteiger partial charge in [0, 0.05) is 31.5 Å². The van der Waals surface area contributed by atoms with Crippen molar-refractivity contribution >= 4 is 11.9 Å². The number of carboxylic acids is 1. The molecule has 2 aromatic heterocycles. The predicted molar refractivity (Wildman–Crippen MR) is 71.2 cm³/mol. The highest BCUT2D eigenvalue weighted by Gasteiger charge is 2.13. The van der Waals surface area contributed by atoms with Crippen LogP contribution in [0.5, 0.6) is 0 Å². The van der Waals surface area contributed by atoms with Gasteiger partial charge in [0.05, 0.1) is 5.69 Å². The lowest BCUT2D eigenvalue weighted by Gasteiger charge is -2.07. The molecule has 0 aliphatic rings. The molecule has 7 nitrogen and oxygen atoms in total. The number of nitrogens with zero attached hydrogens (tertiary/aromatic N) is 3. The number of nitrogens with one attached hydrogen (secondary N) is 1. The molecule has 2 aromatic rings. The van der Waals surface area contributed by atoms with Gasteiger partial charge in [-0.25, -0.2) is 0 Å². The summed E-state index contributed by atoms with van der Waals surface area (Å²) in [5, 5.41) is 15.7. The SMILES string of the molecule is Cc1nn(C)cc1CNC(=O)c1cccn1CC(=O)O. The number of hydrogen-bond acceptors (Lipinski definition) is 3. The van der Waals surface area contributed by atoms with E-state index in [0.717, 1.165) is 11.3 Å². The van der Waals surface area contributed by atoms with Crippen molar-refractivity contribution in [2.75, 3.05) is 0 Å². The number of amides is 1. The van der Waals surface area contributed by atoms with Crippen LogP contribution in [0.4, 0.5) is 0 Å². The lowest BCUT2D eigenvalue weighted by Crippen LogP contribution is -2.26. The fourth-order valence-electron chi connectivity index (χ4n) is 1.99. The molecule has 0 radical (unpaired) electrons. The Hall–Kier alpha value is -2.57. The molecule has 0 saturated heterocycles. The molecule has 0 atom stereocenters. The Bertz CT molecular complexity index is 642. The molecule has 0 aliphatic heterocycles. The van der Waals surface area contributed by atoms with Gasteiger partial charge in [0.1, 0.15) is 12.2 Å². The predicted octanol–water partition coefficient (Wildman–Crippen LogP) is 0.545. The lowest BCUT2D eigenvalue weighted by molar-refractivity contribution is -0.137. The molecule has 0 saturated carbocycles. The van der Waals surface area contributed by atoms with Crippen LogP contribution in [0.2, 0.25) is 0 Å². The zero-order chi connectivity index (χ0) is 14.7. The van der Waals surface area contributed by atoms with Gasteiger partial charge in [0.25, 0.3) is 5.91 Å². The zero-order valence-corrected chi connectivity index (χ0v) is 11.3. The van der Waals surface area contributed by atoms with Crippen molar-refractivity contribution in [2.24, 2.45) is 7.05 Å². The third kappa shape index (κ3) is 3.05. The summed E-state index contributed by atoms with van der Waals surface area (Å²) in [6.07, 6.45) is 3.41. The maximum atomic E-state index is 12.0. The second-order valence-electron chi connectivity index (χ2n) is 4.51. The highest BCUT2D eigenvalue weighted by molar-refractivity contribution is 5.93. The van der Waals surface area contributed by atoms with Crippen molar-refractivity contribution in [3.05, 3.63) is 41.5 Å². The summed E-state index contributed by atoms with van der Waals surface area (Å²) in [5.74, 6) is -1.29. The maximum Gasteiger partial charge on any atom is 0.323 e. The number of hydrogen-bond donors (Lipinski definition) is 2. The molecule has 20 heavy (non-hydrogen) atoms. The van der Waals surface area contributed by atoms with Crippen molar-refractivity contribution < 1.29 is 14.7 Å². The van der Waals surface area contributed by atoms with Crippen LogP contribution in [-0.2, 0) is 24.9 Å². The largest absolute Gasteiger partial charge is 0.480 e. The zero-order valence-electron chi connectivity index (χ0n) is 11.3. The van der Waals surface area contributed by atoms with Crippen LogP contribution in [0.15, 0.2) is 24.5 Å². The second kappa shape index (κ2) is 5.60. The molecule has 2 heterocycles. The van der Waals surface area contributed by atoms with E-state index in [1.54, 1.807) is 23.0 Å². The van der Waals surface area contributed by atoms with Crippen LogP contribution in [-0.4, -0.2) is 31.3 Å². The monoisotopic (exact) mass is 276 g/mol. The van der Waals surface area contributed by atoms with Gasteiger partial charge in [-0.1, -0.05) is 0 Å². The number of aryl methyl sites for hydroxylation is 2. The van der Waals surface area contributed by atoms with Gasteiger partial charge in [0.2, 0.25) is 0 Å². The van der Waals surface area contributed by atoms with Gasteiger partial charge in [-0.3, -0.25) is 14.3 Å². The Morgan fingerprint density at radius 2 is 2.20 bits per heavy atom. The van der Waals surface area contributed by atoms with Crippen molar-refractivity contribution in [1.29, 1.82) is 0 Å². The number of carbonyl (C=O) groups is 2. The summed E-state index contributed by atoms with van der Waals surface area (Å²) in [6.45, 7) is 1.99. The lowest BCUT2D eigenvalue weighted by atomic mass is 10.2. The Balaban J connectivity index is 2.04. The molecule has 0 unspecified atom stereocenters. The molecular weight excluding hydrogens is 260 g/mol. The van der Waals surface area contributed by atoms with Gasteiger partial charge in [-0.15, -0.1) is 0 Å². The Labute approximate surface area is 115 Å². The molecule has 2 N–H and O–H groups in total. The van der Waals surface area contributed by atoms with E-state index in [9.17, 15) is 9.59 Å². The standard InChI is InChI=1S/C13H16N4O3/c1-9-10(7-16(2)15-9)6-14-13(20)11-4-3-5-17(11)8-12(18)19/h3-5,7H,6,8H2,1-2H3,(H,14,20)(H,18,19). The summed E-state index contributed by atoms with van der Waals surface area (Å²) < 4.78 is 3.08. The van der Waals surface area contributed by atoms with E-state index in [2.05, 4.69) is 10.4 Å². The van der Waals surface area contributed by atoms with E-state index in [1.807, 2.05) is 20.2 Å². The van der Waals surface area contributed by atoms with Crippen molar-refractivity contribution in [1.82, 2.24) is 19.7 Å². The van der Waals surface area contributed by atoms with Crippen LogP contribution in [0.25, 0.3) is 0 Å². The van der Waals surface area contributed by atoms with Gasteiger partial charge < -0.3 is 15.0 Å². The van der Waals surface area contributed by atoms with Crippen LogP contribution < -0.4 is 5.32 Å². The maximum absolute atomic E-state index is 12.0. The number of aromatic nitrogens is 3. The topological polar surface area (TPSA) is 89.2 Å².